The number of likely N-dealkylation sites (tertiary alicyclic amines) is 1. The van der Waals surface area contributed by atoms with Crippen molar-refractivity contribution >= 4 is 23.8 Å². The summed E-state index contributed by atoms with van der Waals surface area (Å²) >= 11 is 0. The highest BCUT2D eigenvalue weighted by Gasteiger charge is 2.72. The highest BCUT2D eigenvalue weighted by atomic mass is 16.5. The number of hydrogen-bond donors (Lipinski definition) is 2. The second-order valence-electron chi connectivity index (χ2n) is 23.1. The van der Waals surface area contributed by atoms with Gasteiger partial charge in [0, 0.05) is 30.5 Å². The molecule has 12 atom stereocenters. The third-order valence-electron chi connectivity index (χ3n) is 19.4. The van der Waals surface area contributed by atoms with Crippen LogP contribution in [0.4, 0.5) is 0 Å². The monoisotopic (exact) mass is 777 g/mol. The smallest absolute Gasteiger partial charge is 0.309 e. The van der Waals surface area contributed by atoms with E-state index >= 15 is 4.79 Å². The van der Waals surface area contributed by atoms with Gasteiger partial charge in [-0.1, -0.05) is 60.6 Å². The topological polar surface area (TPSA) is 113 Å². The number of nitrogens with zero attached hydrogens (tertiary/aromatic N) is 1. The number of fused-ring (bicyclic) bond motifs is 7. The van der Waals surface area contributed by atoms with Crippen LogP contribution in [0.1, 0.15) is 166 Å². The van der Waals surface area contributed by atoms with Crippen molar-refractivity contribution in [1.82, 2.24) is 10.2 Å². The third kappa shape index (κ3) is 6.07. The number of carbonyl (C=O) groups excluding carboxylic acids is 3. The number of rotatable bonds is 8. The van der Waals surface area contributed by atoms with E-state index in [4.69, 9.17) is 4.74 Å². The van der Waals surface area contributed by atoms with Gasteiger partial charge in [0.05, 0.1) is 17.3 Å². The predicted molar refractivity (Wildman–Crippen MR) is 219 cm³/mol. The quantitative estimate of drug-likeness (QED) is 0.188. The number of carboxylic acid groups (broad SMARTS) is 1. The molecule has 1 saturated heterocycles. The van der Waals surface area contributed by atoms with Gasteiger partial charge in [-0.2, -0.15) is 0 Å². The lowest BCUT2D eigenvalue weighted by atomic mass is 9.32. The van der Waals surface area contributed by atoms with Crippen LogP contribution in [-0.2, 0) is 23.9 Å². The molecule has 314 valence electrons. The summed E-state index contributed by atoms with van der Waals surface area (Å²) in [6.45, 7) is 28.5. The van der Waals surface area contributed by atoms with Crippen molar-refractivity contribution in [2.75, 3.05) is 13.1 Å². The van der Waals surface area contributed by atoms with E-state index in [1.54, 1.807) is 13.8 Å². The Hall–Kier alpha value is -2.38. The maximum atomic E-state index is 15.0. The first-order chi connectivity index (χ1) is 26.0. The third-order valence-corrected chi connectivity index (χ3v) is 19.4. The summed E-state index contributed by atoms with van der Waals surface area (Å²) < 4.78 is 6.20. The number of nitrogens with one attached hydrogen (secondary N) is 1. The van der Waals surface area contributed by atoms with Crippen LogP contribution in [0.25, 0.3) is 0 Å². The maximum absolute atomic E-state index is 15.0. The Morgan fingerprint density at radius 1 is 0.804 bits per heavy atom. The zero-order chi connectivity index (χ0) is 41.0. The van der Waals surface area contributed by atoms with Crippen LogP contribution < -0.4 is 5.32 Å². The number of carbonyl (C=O) groups is 4. The van der Waals surface area contributed by atoms with Crippen LogP contribution >= 0.6 is 0 Å². The van der Waals surface area contributed by atoms with Gasteiger partial charge in [0.2, 0.25) is 11.8 Å². The Morgan fingerprint density at radius 2 is 1.48 bits per heavy atom. The van der Waals surface area contributed by atoms with Crippen LogP contribution in [0.2, 0.25) is 0 Å². The number of carboxylic acids is 1. The van der Waals surface area contributed by atoms with Gasteiger partial charge in [0.15, 0.2) is 0 Å². The molecule has 0 aromatic carbocycles. The van der Waals surface area contributed by atoms with Crippen LogP contribution in [-0.4, -0.2) is 59.0 Å². The molecule has 0 aromatic rings. The molecular formula is C48H76N2O6. The second-order valence-corrected chi connectivity index (χ2v) is 23.1. The summed E-state index contributed by atoms with van der Waals surface area (Å²) in [7, 11) is 0. The molecule has 7 aliphatic rings. The molecule has 1 heterocycles. The van der Waals surface area contributed by atoms with Crippen molar-refractivity contribution < 1.29 is 29.0 Å². The van der Waals surface area contributed by atoms with E-state index in [-0.39, 0.29) is 63.4 Å². The Kier molecular flexibility index (Phi) is 10.3. The van der Waals surface area contributed by atoms with Crippen LogP contribution in [0.3, 0.4) is 0 Å². The van der Waals surface area contributed by atoms with Crippen molar-refractivity contribution in [3.63, 3.8) is 0 Å². The fourth-order valence-corrected chi connectivity index (χ4v) is 15.6. The minimum atomic E-state index is -1.16. The van der Waals surface area contributed by atoms with Gasteiger partial charge in [-0.3, -0.25) is 19.2 Å². The van der Waals surface area contributed by atoms with Gasteiger partial charge in [0.25, 0.3) is 0 Å². The van der Waals surface area contributed by atoms with Crippen molar-refractivity contribution in [1.29, 1.82) is 0 Å². The largest absolute Gasteiger partial charge is 0.481 e. The number of aliphatic carboxylic acids is 1. The summed E-state index contributed by atoms with van der Waals surface area (Å²) in [5, 5.41) is 13.3. The molecule has 1 aliphatic heterocycles. The minimum absolute atomic E-state index is 0.0193. The van der Waals surface area contributed by atoms with E-state index in [2.05, 4.69) is 72.2 Å². The lowest BCUT2D eigenvalue weighted by Gasteiger charge is -2.73. The lowest BCUT2D eigenvalue weighted by Crippen LogP contribution is -2.68. The van der Waals surface area contributed by atoms with Crippen LogP contribution in [0.5, 0.6) is 0 Å². The number of hydrogen-bond acceptors (Lipinski definition) is 5. The molecule has 7 fully saturated rings. The van der Waals surface area contributed by atoms with Gasteiger partial charge < -0.3 is 20.1 Å². The SMILES string of the molecule is C=C(C)[C@@H]1CC[C@]2(C(=O)NC3CC(C(=O)N4CCCCC4)C3(C)C)CC[C@]3(C)C(CCC4[C@@]5(C)CC[C@H](OC(=O)CC(C)(C)C(=O)O)C(C)(C)C5CC[C@]43C)C12. The summed E-state index contributed by atoms with van der Waals surface area (Å²) in [4.78, 5) is 55.6. The van der Waals surface area contributed by atoms with E-state index in [1.165, 1.54) is 12.0 Å². The first kappa shape index (κ1) is 41.8. The molecule has 7 rings (SSSR count). The fraction of sp³-hybridized carbons (Fsp3) is 0.875. The molecule has 0 spiro atoms. The van der Waals surface area contributed by atoms with Crippen molar-refractivity contribution in [2.24, 2.45) is 73.4 Å². The van der Waals surface area contributed by atoms with Gasteiger partial charge in [-0.15, -0.1) is 0 Å². The van der Waals surface area contributed by atoms with E-state index < -0.39 is 22.8 Å². The van der Waals surface area contributed by atoms with E-state index in [9.17, 15) is 19.5 Å². The predicted octanol–water partition coefficient (Wildman–Crippen LogP) is 9.60. The molecule has 6 aliphatic carbocycles. The zero-order valence-corrected chi connectivity index (χ0v) is 36.8. The Balaban J connectivity index is 1.10. The molecule has 6 unspecified atom stereocenters. The molecule has 0 aromatic heterocycles. The first-order valence-electron chi connectivity index (χ1n) is 22.7. The first-order valence-corrected chi connectivity index (χ1v) is 22.7. The van der Waals surface area contributed by atoms with Gasteiger partial charge in [-0.05, 0) is 162 Å². The Labute approximate surface area is 338 Å². The van der Waals surface area contributed by atoms with E-state index in [0.29, 0.717) is 29.6 Å². The normalized spacial score (nSPS) is 43.8. The minimum Gasteiger partial charge on any atom is -0.481 e. The van der Waals surface area contributed by atoms with Crippen LogP contribution in [0, 0.1) is 73.4 Å². The molecule has 0 radical (unpaired) electrons. The maximum Gasteiger partial charge on any atom is 0.309 e. The zero-order valence-electron chi connectivity index (χ0n) is 36.8. The molecule has 8 nitrogen and oxygen atoms in total. The number of ether oxygens (including phenoxy) is 1. The second kappa shape index (κ2) is 13.8. The molecule has 6 saturated carbocycles. The van der Waals surface area contributed by atoms with Gasteiger partial charge in [-0.25, -0.2) is 0 Å². The van der Waals surface area contributed by atoms with E-state index in [1.807, 2.05) is 0 Å². The highest BCUT2D eigenvalue weighted by Crippen LogP contribution is 2.77. The summed E-state index contributed by atoms with van der Waals surface area (Å²) in [5.74, 6) is 1.12. The van der Waals surface area contributed by atoms with Crippen molar-refractivity contribution in [2.45, 2.75) is 178 Å². The molecule has 8 heteroatoms. The van der Waals surface area contributed by atoms with Crippen molar-refractivity contribution in [3.05, 3.63) is 12.2 Å². The Bertz CT molecular complexity index is 1630. The van der Waals surface area contributed by atoms with Crippen LogP contribution in [0.15, 0.2) is 12.2 Å². The highest BCUT2D eigenvalue weighted by molar-refractivity contribution is 5.86. The molecule has 2 N–H and O–H groups in total. The number of esters is 1. The molecular weight excluding hydrogens is 701 g/mol. The summed E-state index contributed by atoms with van der Waals surface area (Å²) in [6.07, 6.45) is 14.0. The summed E-state index contributed by atoms with van der Waals surface area (Å²) in [6, 6.07) is 0.0193. The van der Waals surface area contributed by atoms with Gasteiger partial charge >= 0.3 is 11.9 Å². The average Bonchev–Trinajstić information content (AvgIpc) is 3.53. The number of amides is 2. The molecule has 0 bridgehead atoms. The van der Waals surface area contributed by atoms with Gasteiger partial charge in [0.1, 0.15) is 6.10 Å². The number of allylic oxidation sites excluding steroid dienone is 1. The Morgan fingerprint density at radius 3 is 2.11 bits per heavy atom. The van der Waals surface area contributed by atoms with Crippen molar-refractivity contribution in [3.8, 4) is 0 Å². The lowest BCUT2D eigenvalue weighted by molar-refractivity contribution is -0.249. The molecule has 56 heavy (non-hydrogen) atoms. The molecule has 2 amide bonds. The average molecular weight is 777 g/mol. The van der Waals surface area contributed by atoms with E-state index in [0.717, 1.165) is 96.6 Å². The summed E-state index contributed by atoms with van der Waals surface area (Å²) in [5.41, 5.74) is -0.492. The standard InChI is InChI=1S/C48H76N2O6/c1-29(2)30-17-22-48(40(53)49-35-27-32(43(35,5)6)39(52)50-25-13-12-14-26-50)24-23-46(10)31(38(30)48)15-16-34-45(9)20-19-36(56-37(51)28-42(3,4)41(54)55)44(7,8)33(45)18-21-47(34,46)11/h30-36,38H,1,12-28H2,2-11H3,(H,49,53)(H,54,55)/t30-,31?,32?,33?,34?,35?,36-,38?,45-,46+,47+,48-/m0/s1. The fourth-order valence-electron chi connectivity index (χ4n) is 15.6. The number of piperidine rings is 1.